The minimum Gasteiger partial charge on any atom is -0.479 e. The molecule has 0 aliphatic carbocycles. The first-order chi connectivity index (χ1) is 4.18. The fourth-order valence-corrected chi connectivity index (χ4v) is 0.175. The first-order valence-electron chi connectivity index (χ1n) is 2.59. The second kappa shape index (κ2) is 7.17. The molecule has 0 spiro atoms. The summed E-state index contributed by atoms with van der Waals surface area (Å²) in [6.07, 6.45) is -0.907. The fraction of sp³-hybridized carbons (Fsp3) is 0.500. The Labute approximate surface area is 54.6 Å². The molecule has 3 nitrogen and oxygen atoms in total. The lowest BCUT2D eigenvalue weighted by molar-refractivity contribution is -0.146. The van der Waals surface area contributed by atoms with Crippen molar-refractivity contribution in [3.8, 4) is 0 Å². The lowest BCUT2D eigenvalue weighted by atomic mass is 10.3. The Morgan fingerprint density at radius 1 is 1.67 bits per heavy atom. The SMILES string of the molecule is C=C.CCC(O)C(=O)O. The number of carboxylic acid groups (broad SMARTS) is 1. The zero-order valence-corrected chi connectivity index (χ0v) is 5.50. The maximum atomic E-state index is 9.68. The average Bonchev–Trinajstić information content (AvgIpc) is 1.91. The van der Waals surface area contributed by atoms with Crippen LogP contribution in [0.3, 0.4) is 0 Å². The molecule has 0 bridgehead atoms. The number of hydrogen-bond donors (Lipinski definition) is 2. The van der Waals surface area contributed by atoms with Crippen LogP contribution in [0.15, 0.2) is 13.2 Å². The van der Waals surface area contributed by atoms with Crippen molar-refractivity contribution in [2.24, 2.45) is 0 Å². The third-order valence-electron chi connectivity index (χ3n) is 0.672. The van der Waals surface area contributed by atoms with Gasteiger partial charge in [-0.05, 0) is 6.42 Å². The van der Waals surface area contributed by atoms with E-state index in [9.17, 15) is 4.79 Å². The van der Waals surface area contributed by atoms with Crippen molar-refractivity contribution >= 4 is 5.97 Å². The molecular formula is C6H12O3. The highest BCUT2D eigenvalue weighted by molar-refractivity contribution is 5.71. The summed E-state index contributed by atoms with van der Waals surface area (Å²) in [6, 6.07) is 0. The third-order valence-corrected chi connectivity index (χ3v) is 0.672. The number of aliphatic carboxylic acids is 1. The maximum absolute atomic E-state index is 9.68. The number of rotatable bonds is 2. The van der Waals surface area contributed by atoms with Gasteiger partial charge in [-0.3, -0.25) is 0 Å². The minimum atomic E-state index is -1.18. The molecule has 0 aliphatic rings. The van der Waals surface area contributed by atoms with E-state index in [1.54, 1.807) is 6.92 Å². The third kappa shape index (κ3) is 7.17. The Kier molecular flexibility index (Phi) is 8.79. The molecule has 0 amide bonds. The van der Waals surface area contributed by atoms with Crippen molar-refractivity contribution in [2.45, 2.75) is 19.4 Å². The van der Waals surface area contributed by atoms with Crippen molar-refractivity contribution in [1.82, 2.24) is 0 Å². The van der Waals surface area contributed by atoms with Crippen molar-refractivity contribution in [3.63, 3.8) is 0 Å². The lowest BCUT2D eigenvalue weighted by Gasteiger charge is -1.95. The molecule has 0 rings (SSSR count). The van der Waals surface area contributed by atoms with E-state index in [1.807, 2.05) is 0 Å². The van der Waals surface area contributed by atoms with Gasteiger partial charge in [-0.2, -0.15) is 0 Å². The summed E-state index contributed by atoms with van der Waals surface area (Å²) < 4.78 is 0. The molecule has 0 aromatic heterocycles. The summed E-state index contributed by atoms with van der Waals surface area (Å²) in [5, 5.41) is 16.3. The van der Waals surface area contributed by atoms with Crippen LogP contribution in [0.4, 0.5) is 0 Å². The number of aliphatic hydroxyl groups is 1. The summed E-state index contributed by atoms with van der Waals surface area (Å²) in [5.41, 5.74) is 0. The Hall–Kier alpha value is -0.830. The summed E-state index contributed by atoms with van der Waals surface area (Å²) in [4.78, 5) is 9.68. The molecule has 0 aromatic carbocycles. The number of aliphatic hydroxyl groups excluding tert-OH is 1. The predicted molar refractivity (Wildman–Crippen MR) is 35.2 cm³/mol. The van der Waals surface area contributed by atoms with Crippen LogP contribution in [0, 0.1) is 0 Å². The van der Waals surface area contributed by atoms with Gasteiger partial charge in [-0.25, -0.2) is 4.79 Å². The highest BCUT2D eigenvalue weighted by Crippen LogP contribution is 1.86. The molecule has 54 valence electrons. The fourth-order valence-electron chi connectivity index (χ4n) is 0.175. The van der Waals surface area contributed by atoms with E-state index in [-0.39, 0.29) is 6.42 Å². The van der Waals surface area contributed by atoms with Gasteiger partial charge < -0.3 is 10.2 Å². The first-order valence-corrected chi connectivity index (χ1v) is 2.59. The van der Waals surface area contributed by atoms with Gasteiger partial charge in [0.2, 0.25) is 0 Å². The van der Waals surface area contributed by atoms with Crippen molar-refractivity contribution in [2.75, 3.05) is 0 Å². The quantitative estimate of drug-likeness (QED) is 0.542. The highest BCUT2D eigenvalue weighted by Gasteiger charge is 2.07. The summed E-state index contributed by atoms with van der Waals surface area (Å²) in [6.45, 7) is 7.61. The first kappa shape index (κ1) is 11.0. The molecule has 9 heavy (non-hydrogen) atoms. The van der Waals surface area contributed by atoms with Gasteiger partial charge in [-0.1, -0.05) is 6.92 Å². The maximum Gasteiger partial charge on any atom is 0.332 e. The predicted octanol–water partition coefficient (Wildman–Crippen LogP) is 0.644. The van der Waals surface area contributed by atoms with E-state index in [0.717, 1.165) is 0 Å². The van der Waals surface area contributed by atoms with Gasteiger partial charge in [0.25, 0.3) is 0 Å². The molecule has 0 aromatic rings. The number of carboxylic acids is 1. The molecule has 0 heterocycles. The smallest absolute Gasteiger partial charge is 0.332 e. The largest absolute Gasteiger partial charge is 0.479 e. The molecular weight excluding hydrogens is 120 g/mol. The van der Waals surface area contributed by atoms with E-state index in [0.29, 0.717) is 0 Å². The number of carbonyl (C=O) groups is 1. The number of hydrogen-bond acceptors (Lipinski definition) is 2. The molecule has 0 radical (unpaired) electrons. The molecule has 0 saturated heterocycles. The zero-order valence-electron chi connectivity index (χ0n) is 5.50. The van der Waals surface area contributed by atoms with Gasteiger partial charge in [0.05, 0.1) is 0 Å². The van der Waals surface area contributed by atoms with Crippen LogP contribution in [-0.2, 0) is 4.79 Å². The second-order valence-electron chi connectivity index (χ2n) is 1.26. The summed E-state index contributed by atoms with van der Waals surface area (Å²) in [7, 11) is 0. The summed E-state index contributed by atoms with van der Waals surface area (Å²) >= 11 is 0. The molecule has 0 aliphatic heterocycles. The molecule has 0 fully saturated rings. The minimum absolute atomic E-state index is 0.273. The van der Waals surface area contributed by atoms with Gasteiger partial charge in [-0.15, -0.1) is 13.2 Å². The molecule has 2 N–H and O–H groups in total. The van der Waals surface area contributed by atoms with E-state index in [1.165, 1.54) is 0 Å². The Morgan fingerprint density at radius 2 is 2.00 bits per heavy atom. The van der Waals surface area contributed by atoms with Crippen LogP contribution in [0.1, 0.15) is 13.3 Å². The average molecular weight is 132 g/mol. The van der Waals surface area contributed by atoms with Gasteiger partial charge in [0.1, 0.15) is 0 Å². The van der Waals surface area contributed by atoms with Crippen molar-refractivity contribution in [1.29, 1.82) is 0 Å². The van der Waals surface area contributed by atoms with E-state index >= 15 is 0 Å². The Morgan fingerprint density at radius 3 is 2.00 bits per heavy atom. The molecule has 1 atom stereocenters. The monoisotopic (exact) mass is 132 g/mol. The lowest BCUT2D eigenvalue weighted by Crippen LogP contribution is -2.17. The molecule has 0 saturated carbocycles. The zero-order chi connectivity index (χ0) is 7.86. The molecule has 3 heteroatoms. The second-order valence-corrected chi connectivity index (χ2v) is 1.26. The van der Waals surface area contributed by atoms with Gasteiger partial charge >= 0.3 is 5.97 Å². The van der Waals surface area contributed by atoms with Crippen LogP contribution in [0.2, 0.25) is 0 Å². The van der Waals surface area contributed by atoms with Gasteiger partial charge in [0, 0.05) is 0 Å². The van der Waals surface area contributed by atoms with E-state index < -0.39 is 12.1 Å². The Balaban J connectivity index is 0. The highest BCUT2D eigenvalue weighted by atomic mass is 16.4. The summed E-state index contributed by atoms with van der Waals surface area (Å²) in [5.74, 6) is -1.15. The van der Waals surface area contributed by atoms with Crippen LogP contribution in [-0.4, -0.2) is 22.3 Å². The van der Waals surface area contributed by atoms with Crippen LogP contribution in [0.25, 0.3) is 0 Å². The van der Waals surface area contributed by atoms with E-state index in [4.69, 9.17) is 10.2 Å². The van der Waals surface area contributed by atoms with Crippen LogP contribution in [0.5, 0.6) is 0 Å². The van der Waals surface area contributed by atoms with Crippen molar-refractivity contribution < 1.29 is 15.0 Å². The van der Waals surface area contributed by atoms with Crippen molar-refractivity contribution in [3.05, 3.63) is 13.2 Å². The Bertz CT molecular complexity index is 80.4. The normalized spacial score (nSPS) is 10.9. The van der Waals surface area contributed by atoms with Crippen LogP contribution < -0.4 is 0 Å². The topological polar surface area (TPSA) is 57.5 Å². The molecule has 1 unspecified atom stereocenters. The van der Waals surface area contributed by atoms with Gasteiger partial charge in [0.15, 0.2) is 6.10 Å². The standard InChI is InChI=1S/C4H8O3.C2H4/c1-2-3(5)4(6)7;1-2/h3,5H,2H2,1H3,(H,6,7);1-2H2. The van der Waals surface area contributed by atoms with Crippen LogP contribution >= 0.6 is 0 Å². The van der Waals surface area contributed by atoms with E-state index in [2.05, 4.69) is 13.2 Å².